The number of piperazine rings is 1. The number of ether oxygens (including phenoxy) is 1. The minimum atomic E-state index is 0.163. The average Bonchev–Trinajstić information content (AvgIpc) is 2.90. The van der Waals surface area contributed by atoms with Gasteiger partial charge in [0.2, 0.25) is 11.9 Å². The van der Waals surface area contributed by atoms with Crippen LogP contribution in [0, 0.1) is 5.92 Å². The Morgan fingerprint density at radius 2 is 1.70 bits per heavy atom. The van der Waals surface area contributed by atoms with E-state index < -0.39 is 0 Å². The van der Waals surface area contributed by atoms with Gasteiger partial charge in [0.25, 0.3) is 0 Å². The Balaban J connectivity index is 1.37. The molecule has 3 heterocycles. The number of benzene rings is 1. The number of amides is 1. The summed E-state index contributed by atoms with van der Waals surface area (Å²) in [5.41, 5.74) is 3.24. The number of morpholine rings is 1. The summed E-state index contributed by atoms with van der Waals surface area (Å²) < 4.78 is 5.45. The summed E-state index contributed by atoms with van der Waals surface area (Å²) in [5.74, 6) is 1.23. The molecule has 0 aliphatic carbocycles. The second-order valence-corrected chi connectivity index (χ2v) is 8.95. The van der Waals surface area contributed by atoms with Crippen molar-refractivity contribution in [1.29, 1.82) is 0 Å². The minimum Gasteiger partial charge on any atom is -0.378 e. The lowest BCUT2D eigenvalue weighted by molar-refractivity contribution is -0.136. The second kappa shape index (κ2) is 11.5. The Labute approximate surface area is 197 Å². The highest BCUT2D eigenvalue weighted by Gasteiger charge is 2.27. The van der Waals surface area contributed by atoms with E-state index in [1.807, 2.05) is 17.2 Å². The van der Waals surface area contributed by atoms with Gasteiger partial charge in [-0.25, -0.2) is 9.97 Å². The Morgan fingerprint density at radius 1 is 0.970 bits per heavy atom. The third-order valence-corrected chi connectivity index (χ3v) is 6.80. The quantitative estimate of drug-likeness (QED) is 0.608. The fourth-order valence-electron chi connectivity index (χ4n) is 4.66. The molecule has 1 atom stereocenters. The molecule has 7 nitrogen and oxygen atoms in total. The van der Waals surface area contributed by atoms with E-state index in [2.05, 4.69) is 52.9 Å². The summed E-state index contributed by atoms with van der Waals surface area (Å²) in [5, 5.41) is 0. The summed E-state index contributed by atoms with van der Waals surface area (Å²) in [7, 11) is 0. The van der Waals surface area contributed by atoms with Crippen molar-refractivity contribution in [1.82, 2.24) is 14.9 Å². The molecule has 0 spiro atoms. The van der Waals surface area contributed by atoms with E-state index in [1.54, 1.807) is 0 Å². The zero-order valence-corrected chi connectivity index (χ0v) is 20.1. The van der Waals surface area contributed by atoms with Gasteiger partial charge in [-0.2, -0.15) is 0 Å². The van der Waals surface area contributed by atoms with E-state index in [1.165, 1.54) is 5.69 Å². The molecule has 2 aliphatic heterocycles. The molecule has 178 valence electrons. The van der Waals surface area contributed by atoms with Crippen LogP contribution in [0.1, 0.15) is 39.5 Å². The number of carbonyl (C=O) groups is 1. The van der Waals surface area contributed by atoms with Crippen LogP contribution in [-0.2, 0) is 9.53 Å². The standard InChI is InChI=1S/C26H37N5O2/c1-3-5-6-21(4-2)25(32)30-13-15-31(16-14-30)26-27-12-11-24(28-26)22-7-9-23(10-8-22)29-17-19-33-20-18-29/h7-12,21H,3-6,13-20H2,1-2H3. The molecule has 4 rings (SSSR count). The summed E-state index contributed by atoms with van der Waals surface area (Å²) in [6.07, 6.45) is 6.03. The first kappa shape index (κ1) is 23.5. The lowest BCUT2D eigenvalue weighted by Gasteiger charge is -2.36. The van der Waals surface area contributed by atoms with Gasteiger partial charge in [0, 0.05) is 62.6 Å². The second-order valence-electron chi connectivity index (χ2n) is 8.95. The highest BCUT2D eigenvalue weighted by molar-refractivity contribution is 5.79. The van der Waals surface area contributed by atoms with Crippen molar-refractivity contribution < 1.29 is 9.53 Å². The smallest absolute Gasteiger partial charge is 0.225 e. The number of rotatable bonds is 8. The maximum absolute atomic E-state index is 12.9. The lowest BCUT2D eigenvalue weighted by Crippen LogP contribution is -2.50. The van der Waals surface area contributed by atoms with E-state index in [0.717, 1.165) is 95.4 Å². The van der Waals surface area contributed by atoms with Crippen LogP contribution in [0.5, 0.6) is 0 Å². The Bertz CT molecular complexity index is 890. The number of anilines is 2. The van der Waals surface area contributed by atoms with Gasteiger partial charge in [-0.1, -0.05) is 38.8 Å². The zero-order chi connectivity index (χ0) is 23.0. The number of aromatic nitrogens is 2. The van der Waals surface area contributed by atoms with Crippen molar-refractivity contribution in [2.45, 2.75) is 39.5 Å². The Kier molecular flexibility index (Phi) is 8.15. The summed E-state index contributed by atoms with van der Waals surface area (Å²) >= 11 is 0. The maximum atomic E-state index is 12.9. The number of hydrogen-bond donors (Lipinski definition) is 0. The molecule has 0 radical (unpaired) electrons. The average molecular weight is 452 g/mol. The fourth-order valence-corrected chi connectivity index (χ4v) is 4.66. The van der Waals surface area contributed by atoms with E-state index in [9.17, 15) is 4.79 Å². The van der Waals surface area contributed by atoms with Gasteiger partial charge >= 0.3 is 0 Å². The largest absolute Gasteiger partial charge is 0.378 e. The Hall–Kier alpha value is -2.67. The third kappa shape index (κ3) is 5.82. The number of unbranched alkanes of at least 4 members (excludes halogenated alkanes) is 1. The van der Waals surface area contributed by atoms with Crippen molar-refractivity contribution >= 4 is 17.5 Å². The van der Waals surface area contributed by atoms with Gasteiger partial charge in [0.1, 0.15) is 0 Å². The van der Waals surface area contributed by atoms with Crippen molar-refractivity contribution in [3.63, 3.8) is 0 Å². The van der Waals surface area contributed by atoms with Crippen molar-refractivity contribution in [2.24, 2.45) is 5.92 Å². The molecule has 2 aromatic rings. The van der Waals surface area contributed by atoms with Crippen LogP contribution in [0.2, 0.25) is 0 Å². The summed E-state index contributed by atoms with van der Waals surface area (Å²) in [4.78, 5) is 28.9. The highest BCUT2D eigenvalue weighted by atomic mass is 16.5. The molecular formula is C26H37N5O2. The molecule has 0 N–H and O–H groups in total. The Morgan fingerprint density at radius 3 is 2.36 bits per heavy atom. The first-order valence-electron chi connectivity index (χ1n) is 12.5. The molecule has 2 fully saturated rings. The number of nitrogens with zero attached hydrogens (tertiary/aromatic N) is 5. The molecule has 7 heteroatoms. The van der Waals surface area contributed by atoms with Gasteiger partial charge in [0.15, 0.2) is 0 Å². The molecule has 1 amide bonds. The van der Waals surface area contributed by atoms with Crippen LogP contribution in [0.4, 0.5) is 11.6 Å². The lowest BCUT2D eigenvalue weighted by atomic mass is 9.97. The first-order chi connectivity index (χ1) is 16.2. The number of carbonyl (C=O) groups excluding carboxylic acids is 1. The van der Waals surface area contributed by atoms with Gasteiger partial charge in [0.05, 0.1) is 18.9 Å². The summed E-state index contributed by atoms with van der Waals surface area (Å²) in [6.45, 7) is 10.8. The maximum Gasteiger partial charge on any atom is 0.225 e. The van der Waals surface area contributed by atoms with Crippen molar-refractivity contribution in [2.75, 3.05) is 62.3 Å². The van der Waals surface area contributed by atoms with Gasteiger partial charge in [-0.05, 0) is 31.0 Å². The molecule has 1 aromatic carbocycles. The van der Waals surface area contributed by atoms with Crippen LogP contribution >= 0.6 is 0 Å². The van der Waals surface area contributed by atoms with Crippen molar-refractivity contribution in [3.8, 4) is 11.3 Å². The SMILES string of the molecule is CCCCC(CC)C(=O)N1CCN(c2nccc(-c3ccc(N4CCOCC4)cc3)n2)CC1. The van der Waals surface area contributed by atoms with Gasteiger partial charge < -0.3 is 19.4 Å². The van der Waals surface area contributed by atoms with Gasteiger partial charge in [-0.3, -0.25) is 4.79 Å². The molecular weight excluding hydrogens is 414 g/mol. The molecule has 33 heavy (non-hydrogen) atoms. The van der Waals surface area contributed by atoms with Crippen molar-refractivity contribution in [3.05, 3.63) is 36.5 Å². The predicted molar refractivity (Wildman–Crippen MR) is 133 cm³/mol. The molecule has 2 aliphatic rings. The zero-order valence-electron chi connectivity index (χ0n) is 20.1. The van der Waals surface area contributed by atoms with Crippen LogP contribution in [0.15, 0.2) is 36.5 Å². The van der Waals surface area contributed by atoms with Crippen LogP contribution in [0.3, 0.4) is 0 Å². The predicted octanol–water partition coefficient (Wildman–Crippen LogP) is 3.85. The highest BCUT2D eigenvalue weighted by Crippen LogP contribution is 2.24. The molecule has 2 saturated heterocycles. The van der Waals surface area contributed by atoms with Gasteiger partial charge in [-0.15, -0.1) is 0 Å². The van der Waals surface area contributed by atoms with E-state index >= 15 is 0 Å². The normalized spacial score (nSPS) is 17.8. The first-order valence-corrected chi connectivity index (χ1v) is 12.5. The van der Waals surface area contributed by atoms with E-state index in [4.69, 9.17) is 9.72 Å². The number of hydrogen-bond acceptors (Lipinski definition) is 6. The minimum absolute atomic E-state index is 0.163. The summed E-state index contributed by atoms with van der Waals surface area (Å²) in [6, 6.07) is 10.6. The van der Waals surface area contributed by atoms with E-state index in [-0.39, 0.29) is 5.92 Å². The fraction of sp³-hybridized carbons (Fsp3) is 0.577. The van der Waals surface area contributed by atoms with Crippen LogP contribution in [0.25, 0.3) is 11.3 Å². The molecule has 0 bridgehead atoms. The van der Waals surface area contributed by atoms with E-state index in [0.29, 0.717) is 5.91 Å². The molecule has 0 saturated carbocycles. The topological polar surface area (TPSA) is 61.8 Å². The monoisotopic (exact) mass is 451 g/mol. The third-order valence-electron chi connectivity index (χ3n) is 6.80. The molecule has 1 aromatic heterocycles. The van der Waals surface area contributed by atoms with Crippen LogP contribution < -0.4 is 9.80 Å². The van der Waals surface area contributed by atoms with Crippen LogP contribution in [-0.4, -0.2) is 73.3 Å². The molecule has 1 unspecified atom stereocenters.